The lowest BCUT2D eigenvalue weighted by Gasteiger charge is -2.37. The summed E-state index contributed by atoms with van der Waals surface area (Å²) in [5, 5.41) is 1.98. The van der Waals surface area contributed by atoms with Crippen molar-refractivity contribution in [1.29, 1.82) is 0 Å². The molecule has 3 nitrogen and oxygen atoms in total. The third-order valence-electron chi connectivity index (χ3n) is 4.45. The van der Waals surface area contributed by atoms with Crippen LogP contribution in [0, 0.1) is 12.3 Å². The predicted molar refractivity (Wildman–Crippen MR) is 103 cm³/mol. The highest BCUT2D eigenvalue weighted by Crippen LogP contribution is 2.37. The van der Waals surface area contributed by atoms with Crippen molar-refractivity contribution in [3.8, 4) is 0 Å². The van der Waals surface area contributed by atoms with Crippen LogP contribution in [-0.2, 0) is 0 Å². The van der Waals surface area contributed by atoms with Gasteiger partial charge in [0.25, 0.3) is 0 Å². The second-order valence-electron chi connectivity index (χ2n) is 6.92. The molecule has 1 fully saturated rings. The van der Waals surface area contributed by atoms with Crippen molar-refractivity contribution < 1.29 is 0 Å². The molecule has 0 unspecified atom stereocenters. The molecule has 0 saturated carbocycles. The Balaban J connectivity index is 1.77. The van der Waals surface area contributed by atoms with Crippen molar-refractivity contribution in [1.82, 2.24) is 9.97 Å². The van der Waals surface area contributed by atoms with Crippen molar-refractivity contribution in [3.63, 3.8) is 0 Å². The third-order valence-corrected chi connectivity index (χ3v) is 6.54. The normalized spacial score (nSPS) is 17.1. The molecule has 0 amide bonds. The average Bonchev–Trinajstić information content (AvgIpc) is 2.53. The van der Waals surface area contributed by atoms with E-state index in [0.29, 0.717) is 15.5 Å². The molecule has 2 aromatic rings. The first-order valence-corrected chi connectivity index (χ1v) is 9.63. The van der Waals surface area contributed by atoms with Gasteiger partial charge in [0.15, 0.2) is 0 Å². The van der Waals surface area contributed by atoms with Crippen LogP contribution in [0.1, 0.15) is 32.4 Å². The number of rotatable bonds is 3. The standard InChI is InChI=1S/C18H21Cl2N3S/c1-12-17(24-14-6-4-5-13(19)16(14)20)21-11-15(22-12)23-9-7-18(2,3)8-10-23/h4-6,11H,7-10H2,1-3H3. The van der Waals surface area contributed by atoms with Crippen molar-refractivity contribution in [2.24, 2.45) is 5.41 Å². The van der Waals surface area contributed by atoms with Gasteiger partial charge in [0.2, 0.25) is 0 Å². The Kier molecular flexibility index (Phi) is 5.28. The molecule has 1 saturated heterocycles. The Morgan fingerprint density at radius 3 is 2.54 bits per heavy atom. The van der Waals surface area contributed by atoms with Gasteiger partial charge in [-0.3, -0.25) is 0 Å². The maximum atomic E-state index is 6.27. The molecule has 0 bridgehead atoms. The number of hydrogen-bond donors (Lipinski definition) is 0. The summed E-state index contributed by atoms with van der Waals surface area (Å²) in [4.78, 5) is 12.6. The van der Waals surface area contributed by atoms with Crippen molar-refractivity contribution >= 4 is 40.8 Å². The van der Waals surface area contributed by atoms with Crippen LogP contribution in [0.15, 0.2) is 34.3 Å². The highest BCUT2D eigenvalue weighted by atomic mass is 35.5. The summed E-state index contributed by atoms with van der Waals surface area (Å²) in [6.45, 7) is 8.72. The van der Waals surface area contributed by atoms with Crippen LogP contribution in [0.2, 0.25) is 10.0 Å². The smallest absolute Gasteiger partial charge is 0.147 e. The number of piperidine rings is 1. The zero-order chi connectivity index (χ0) is 17.3. The fourth-order valence-corrected chi connectivity index (χ4v) is 4.04. The summed E-state index contributed by atoms with van der Waals surface area (Å²) in [6.07, 6.45) is 4.23. The van der Waals surface area contributed by atoms with Gasteiger partial charge in [0.1, 0.15) is 10.8 Å². The van der Waals surface area contributed by atoms with Gasteiger partial charge in [0.05, 0.1) is 21.9 Å². The van der Waals surface area contributed by atoms with E-state index in [1.54, 1.807) is 6.07 Å². The van der Waals surface area contributed by atoms with Crippen LogP contribution < -0.4 is 4.90 Å². The quantitative estimate of drug-likeness (QED) is 0.664. The zero-order valence-corrected chi connectivity index (χ0v) is 16.5. The summed E-state index contributed by atoms with van der Waals surface area (Å²) >= 11 is 13.8. The van der Waals surface area contributed by atoms with E-state index in [0.717, 1.165) is 34.5 Å². The van der Waals surface area contributed by atoms with Crippen molar-refractivity contribution in [2.75, 3.05) is 18.0 Å². The highest BCUT2D eigenvalue weighted by Gasteiger charge is 2.26. The first-order valence-electron chi connectivity index (χ1n) is 8.06. The van der Waals surface area contributed by atoms with Gasteiger partial charge >= 0.3 is 0 Å². The molecule has 0 radical (unpaired) electrons. The molecular weight excluding hydrogens is 361 g/mol. The van der Waals surface area contributed by atoms with E-state index in [2.05, 4.69) is 23.7 Å². The topological polar surface area (TPSA) is 29.0 Å². The van der Waals surface area contributed by atoms with E-state index in [1.165, 1.54) is 24.6 Å². The Morgan fingerprint density at radius 2 is 1.88 bits per heavy atom. The molecule has 0 N–H and O–H groups in total. The molecule has 6 heteroatoms. The molecule has 1 aromatic heterocycles. The molecule has 1 aliphatic heterocycles. The van der Waals surface area contributed by atoms with E-state index in [9.17, 15) is 0 Å². The van der Waals surface area contributed by atoms with Gasteiger partial charge in [0, 0.05) is 18.0 Å². The molecule has 1 aliphatic rings. The lowest BCUT2D eigenvalue weighted by atomic mass is 9.83. The van der Waals surface area contributed by atoms with Gasteiger partial charge in [-0.2, -0.15) is 0 Å². The number of benzene rings is 1. The molecule has 24 heavy (non-hydrogen) atoms. The minimum Gasteiger partial charge on any atom is -0.355 e. The summed E-state index contributed by atoms with van der Waals surface area (Å²) < 4.78 is 0. The Labute approximate surface area is 157 Å². The molecule has 128 valence electrons. The van der Waals surface area contributed by atoms with Crippen LogP contribution in [0.25, 0.3) is 0 Å². The molecule has 1 aromatic carbocycles. The van der Waals surface area contributed by atoms with Crippen molar-refractivity contribution in [3.05, 3.63) is 40.1 Å². The monoisotopic (exact) mass is 381 g/mol. The molecule has 0 atom stereocenters. The number of anilines is 1. The van der Waals surface area contributed by atoms with Crippen molar-refractivity contribution in [2.45, 2.75) is 43.5 Å². The SMILES string of the molecule is Cc1nc(N2CCC(C)(C)CC2)cnc1Sc1cccc(Cl)c1Cl. The maximum Gasteiger partial charge on any atom is 0.147 e. The Bertz CT molecular complexity index is 739. The minimum atomic E-state index is 0.429. The lowest BCUT2D eigenvalue weighted by Crippen LogP contribution is -2.37. The van der Waals surface area contributed by atoms with E-state index < -0.39 is 0 Å². The molecule has 0 spiro atoms. The summed E-state index contributed by atoms with van der Waals surface area (Å²) in [7, 11) is 0. The second-order valence-corrected chi connectivity index (χ2v) is 8.74. The number of aryl methyl sites for hydroxylation is 1. The lowest BCUT2D eigenvalue weighted by molar-refractivity contribution is 0.279. The number of aromatic nitrogens is 2. The summed E-state index contributed by atoms with van der Waals surface area (Å²) in [6, 6.07) is 5.62. The van der Waals surface area contributed by atoms with Crippen LogP contribution in [0.3, 0.4) is 0 Å². The average molecular weight is 382 g/mol. The van der Waals surface area contributed by atoms with Gasteiger partial charge in [-0.15, -0.1) is 0 Å². The highest BCUT2D eigenvalue weighted by molar-refractivity contribution is 7.99. The van der Waals surface area contributed by atoms with Crippen LogP contribution >= 0.6 is 35.0 Å². The number of nitrogens with zero attached hydrogens (tertiary/aromatic N) is 3. The first-order chi connectivity index (χ1) is 11.4. The minimum absolute atomic E-state index is 0.429. The largest absolute Gasteiger partial charge is 0.355 e. The predicted octanol–water partition coefficient (Wildman–Crippen LogP) is 5.87. The van der Waals surface area contributed by atoms with Gasteiger partial charge < -0.3 is 4.90 Å². The van der Waals surface area contributed by atoms with E-state index >= 15 is 0 Å². The van der Waals surface area contributed by atoms with E-state index in [1.807, 2.05) is 25.3 Å². The fourth-order valence-electron chi connectivity index (χ4n) is 2.72. The fraction of sp³-hybridized carbons (Fsp3) is 0.444. The first kappa shape index (κ1) is 17.8. The zero-order valence-electron chi connectivity index (χ0n) is 14.1. The van der Waals surface area contributed by atoms with Gasteiger partial charge in [-0.25, -0.2) is 9.97 Å². The van der Waals surface area contributed by atoms with E-state index in [-0.39, 0.29) is 0 Å². The summed E-state index contributed by atoms with van der Waals surface area (Å²) in [5.74, 6) is 0.963. The number of halogens is 2. The van der Waals surface area contributed by atoms with Gasteiger partial charge in [-0.1, -0.05) is 54.9 Å². The van der Waals surface area contributed by atoms with Crippen LogP contribution in [-0.4, -0.2) is 23.1 Å². The molecule has 3 rings (SSSR count). The maximum absolute atomic E-state index is 6.27. The van der Waals surface area contributed by atoms with Crippen LogP contribution in [0.5, 0.6) is 0 Å². The summed E-state index contributed by atoms with van der Waals surface area (Å²) in [5.41, 5.74) is 1.34. The van der Waals surface area contributed by atoms with E-state index in [4.69, 9.17) is 28.2 Å². The second kappa shape index (κ2) is 7.11. The Hall–Kier alpha value is -0.970. The van der Waals surface area contributed by atoms with Crippen LogP contribution in [0.4, 0.5) is 5.82 Å². The Morgan fingerprint density at radius 1 is 1.17 bits per heavy atom. The molecule has 0 aliphatic carbocycles. The number of hydrogen-bond acceptors (Lipinski definition) is 4. The molecule has 2 heterocycles. The van der Waals surface area contributed by atoms with Gasteiger partial charge in [-0.05, 0) is 37.3 Å². The molecular formula is C18H21Cl2N3S. The third kappa shape index (κ3) is 3.98.